The van der Waals surface area contributed by atoms with Crippen LogP contribution in [-0.2, 0) is 32.7 Å². The van der Waals surface area contributed by atoms with E-state index in [2.05, 4.69) is 11.1 Å². The predicted octanol–water partition coefficient (Wildman–Crippen LogP) is 0.0437. The Hall–Kier alpha value is -0.146. The van der Waals surface area contributed by atoms with Crippen molar-refractivity contribution in [2.24, 2.45) is 0 Å². The van der Waals surface area contributed by atoms with Crippen LogP contribution in [0.3, 0.4) is 0 Å². The third-order valence-electron chi connectivity index (χ3n) is 0.813. The van der Waals surface area contributed by atoms with Gasteiger partial charge in [0.1, 0.15) is 0 Å². The molecule has 0 amide bonds. The van der Waals surface area contributed by atoms with Gasteiger partial charge in [0.15, 0.2) is 0 Å². The second kappa shape index (κ2) is 3.80. The molecule has 1 aromatic heterocycles. The van der Waals surface area contributed by atoms with E-state index in [0.29, 0.717) is 11.5 Å². The van der Waals surface area contributed by atoms with Gasteiger partial charge < -0.3 is 11.5 Å². The summed E-state index contributed by atoms with van der Waals surface area (Å²) in [5.41, 5.74) is 11.0. The summed E-state index contributed by atoms with van der Waals surface area (Å²) in [6, 6.07) is 4.27. The Morgan fingerprint density at radius 3 is 2.44 bits per heavy atom. The first-order valence-electron chi connectivity index (χ1n) is 2.18. The second-order valence-electron chi connectivity index (χ2n) is 1.41. The minimum atomic E-state index is 0. The van der Waals surface area contributed by atoms with E-state index in [0.717, 1.165) is 0 Å². The van der Waals surface area contributed by atoms with E-state index < -0.39 is 0 Å². The molecule has 45 valence electrons. The van der Waals surface area contributed by atoms with E-state index in [1.807, 2.05) is 0 Å². The first-order valence-corrected chi connectivity index (χ1v) is 2.18. The molecule has 9 heavy (non-hydrogen) atoms. The van der Waals surface area contributed by atoms with Gasteiger partial charge in [0.25, 0.3) is 0 Å². The molecule has 1 aromatic rings. The van der Waals surface area contributed by atoms with Crippen molar-refractivity contribution >= 4 is 11.5 Å². The van der Waals surface area contributed by atoms with Crippen molar-refractivity contribution in [3.8, 4) is 0 Å². The maximum Gasteiger partial charge on any atom is 0.0600 e. The van der Waals surface area contributed by atoms with Gasteiger partial charge in [-0.2, -0.15) is 0 Å². The Balaban J connectivity index is 0.000000640. The van der Waals surface area contributed by atoms with Crippen molar-refractivity contribution in [3.05, 3.63) is 18.3 Å². The fourth-order valence-electron chi connectivity index (χ4n) is 0.382. The fraction of sp³-hybridized carbons (Fsp3) is 0. The number of hydrogen-bond acceptors (Lipinski definition) is 3. The smallest absolute Gasteiger partial charge is 0.0600 e. The van der Waals surface area contributed by atoms with Gasteiger partial charge >= 0.3 is 0 Å². The molecule has 0 aromatic carbocycles. The number of aromatic nitrogens is 1. The Labute approximate surface area is 78.7 Å². The molecule has 0 aliphatic carbocycles. The van der Waals surface area contributed by atoms with Crippen LogP contribution in [0.4, 0.5) is 11.5 Å². The first-order chi connectivity index (χ1) is 3.80. The van der Waals surface area contributed by atoms with E-state index in [4.69, 9.17) is 11.5 Å². The Kier molecular flexibility index (Phi) is 3.74. The van der Waals surface area contributed by atoms with Crippen molar-refractivity contribution in [1.29, 1.82) is 0 Å². The molecule has 4 N–H and O–H groups in total. The van der Waals surface area contributed by atoms with Crippen LogP contribution < -0.4 is 11.5 Å². The largest absolute Gasteiger partial charge is 0.472 e. The normalized spacial score (nSPS) is 8.00. The summed E-state index contributed by atoms with van der Waals surface area (Å²) in [7, 11) is 0. The van der Waals surface area contributed by atoms with E-state index in [9.17, 15) is 0 Å². The van der Waals surface area contributed by atoms with Crippen LogP contribution in [0.2, 0.25) is 0 Å². The second-order valence-corrected chi connectivity index (χ2v) is 1.41. The zero-order valence-electron chi connectivity index (χ0n) is 4.83. The van der Waals surface area contributed by atoms with E-state index in [1.54, 1.807) is 6.07 Å². The number of hydrogen-bond donors (Lipinski definition) is 2. The standard InChI is InChI=1S/C5H6N3.Y/c6-4-2-1-3-8-5(4)7;/h2-3H,6H2,(H2,7,8);/q-1;. The Morgan fingerprint density at radius 1 is 1.44 bits per heavy atom. The van der Waals surface area contributed by atoms with E-state index in [1.165, 1.54) is 6.20 Å². The monoisotopic (exact) mass is 197 g/mol. The molecule has 0 atom stereocenters. The van der Waals surface area contributed by atoms with Crippen molar-refractivity contribution in [2.75, 3.05) is 11.5 Å². The van der Waals surface area contributed by atoms with Gasteiger partial charge in [0.05, 0.1) is 5.82 Å². The summed E-state index contributed by atoms with van der Waals surface area (Å²) in [6.07, 6.45) is 1.48. The van der Waals surface area contributed by atoms with Crippen LogP contribution in [0.5, 0.6) is 0 Å². The van der Waals surface area contributed by atoms with Gasteiger partial charge in [0, 0.05) is 32.7 Å². The molecule has 4 heteroatoms. The summed E-state index contributed by atoms with van der Waals surface area (Å²) >= 11 is 0. The predicted molar refractivity (Wildman–Crippen MR) is 31.9 cm³/mol. The van der Waals surface area contributed by atoms with Gasteiger partial charge in [-0.15, -0.1) is 0 Å². The average Bonchev–Trinajstić information content (AvgIpc) is 1.77. The number of nitrogens with zero attached hydrogens (tertiary/aromatic N) is 1. The Morgan fingerprint density at radius 2 is 2.11 bits per heavy atom. The maximum absolute atomic E-state index is 5.30. The van der Waals surface area contributed by atoms with Crippen LogP contribution in [0.15, 0.2) is 12.3 Å². The summed E-state index contributed by atoms with van der Waals surface area (Å²) in [4.78, 5) is 3.68. The quantitative estimate of drug-likeness (QED) is 0.577. The first kappa shape index (κ1) is 8.85. The number of rotatable bonds is 0. The Bertz CT molecular complexity index is 168. The minimum Gasteiger partial charge on any atom is -0.472 e. The molecule has 3 nitrogen and oxygen atoms in total. The fourth-order valence-corrected chi connectivity index (χ4v) is 0.382. The molecular formula is C5H6N3Y-. The molecule has 0 saturated carbocycles. The van der Waals surface area contributed by atoms with Crippen LogP contribution in [-0.4, -0.2) is 4.98 Å². The number of nitrogen functional groups attached to an aromatic ring is 2. The summed E-state index contributed by atoms with van der Waals surface area (Å²) in [5, 5.41) is 0. The topological polar surface area (TPSA) is 64.9 Å². The molecule has 0 saturated heterocycles. The SMILES string of the molecule is Nc1c[c-]cnc1N.[Y]. The molecule has 0 bridgehead atoms. The molecule has 1 radical (unpaired) electrons. The third kappa shape index (κ3) is 2.28. The van der Waals surface area contributed by atoms with Gasteiger partial charge in [0.2, 0.25) is 0 Å². The van der Waals surface area contributed by atoms with E-state index in [-0.39, 0.29) is 32.7 Å². The number of nitrogens with two attached hydrogens (primary N) is 2. The minimum absolute atomic E-state index is 0. The average molecular weight is 197 g/mol. The third-order valence-corrected chi connectivity index (χ3v) is 0.813. The molecule has 0 aliphatic heterocycles. The summed E-state index contributed by atoms with van der Waals surface area (Å²) < 4.78 is 0. The van der Waals surface area contributed by atoms with Crippen molar-refractivity contribution in [2.45, 2.75) is 0 Å². The van der Waals surface area contributed by atoms with E-state index >= 15 is 0 Å². The molecule has 1 rings (SSSR count). The molecular weight excluding hydrogens is 191 g/mol. The molecule has 0 aliphatic rings. The molecule has 1 heterocycles. The number of anilines is 2. The van der Waals surface area contributed by atoms with Crippen molar-refractivity contribution in [1.82, 2.24) is 4.98 Å². The summed E-state index contributed by atoms with van der Waals surface area (Å²) in [5.74, 6) is 0.365. The molecule has 0 fully saturated rings. The van der Waals surface area contributed by atoms with Crippen LogP contribution in [0, 0.1) is 6.07 Å². The summed E-state index contributed by atoms with van der Waals surface area (Å²) in [6.45, 7) is 0. The van der Waals surface area contributed by atoms with Crippen molar-refractivity contribution < 1.29 is 32.7 Å². The zero-order valence-corrected chi connectivity index (χ0v) is 7.67. The van der Waals surface area contributed by atoms with Gasteiger partial charge in [-0.3, -0.25) is 4.98 Å². The van der Waals surface area contributed by atoms with Gasteiger partial charge in [-0.25, -0.2) is 12.1 Å². The van der Waals surface area contributed by atoms with Crippen LogP contribution in [0.25, 0.3) is 0 Å². The van der Waals surface area contributed by atoms with Gasteiger partial charge in [-0.1, -0.05) is 11.9 Å². The van der Waals surface area contributed by atoms with Crippen LogP contribution in [0.1, 0.15) is 0 Å². The van der Waals surface area contributed by atoms with Gasteiger partial charge in [-0.05, 0) is 0 Å². The molecule has 0 spiro atoms. The zero-order chi connectivity index (χ0) is 5.98. The maximum atomic E-state index is 5.30. The molecule has 0 unspecified atom stereocenters. The van der Waals surface area contributed by atoms with Crippen molar-refractivity contribution in [3.63, 3.8) is 0 Å². The number of pyridine rings is 1. The van der Waals surface area contributed by atoms with Crippen LogP contribution >= 0.6 is 0 Å².